The molecule has 2 unspecified atom stereocenters. The van der Waals surface area contributed by atoms with Crippen molar-refractivity contribution in [1.82, 2.24) is 10.4 Å². The fourth-order valence-corrected chi connectivity index (χ4v) is 3.20. The largest absolute Gasteiger partial charge is 0.271 e. The maximum atomic E-state index is 5.80. The van der Waals surface area contributed by atoms with Crippen LogP contribution in [0.1, 0.15) is 23.1 Å². The van der Waals surface area contributed by atoms with E-state index in [0.29, 0.717) is 12.0 Å². The second kappa shape index (κ2) is 6.16. The van der Waals surface area contributed by atoms with Crippen LogP contribution < -0.4 is 11.3 Å². The summed E-state index contributed by atoms with van der Waals surface area (Å²) < 4.78 is 0. The van der Waals surface area contributed by atoms with E-state index in [9.17, 15) is 0 Å². The maximum absolute atomic E-state index is 5.80. The molecule has 3 rings (SSSR count). The Morgan fingerprint density at radius 2 is 2.05 bits per heavy atom. The summed E-state index contributed by atoms with van der Waals surface area (Å²) in [5, 5.41) is 0. The minimum absolute atomic E-state index is 0.313. The quantitative estimate of drug-likeness (QED) is 0.660. The van der Waals surface area contributed by atoms with Crippen LogP contribution in [0.2, 0.25) is 0 Å². The van der Waals surface area contributed by atoms with Gasteiger partial charge in [-0.3, -0.25) is 16.3 Å². The molecule has 1 aromatic heterocycles. The highest BCUT2D eigenvalue weighted by Gasteiger charge is 2.25. The molecule has 0 spiro atoms. The van der Waals surface area contributed by atoms with Crippen molar-refractivity contribution in [2.75, 3.05) is 0 Å². The van der Waals surface area contributed by atoms with E-state index in [1.165, 1.54) is 23.1 Å². The van der Waals surface area contributed by atoms with Gasteiger partial charge >= 0.3 is 0 Å². The fraction of sp³-hybridized carbons (Fsp3) is 0.353. The Hall–Kier alpha value is -1.71. The lowest BCUT2D eigenvalue weighted by Crippen LogP contribution is -2.44. The molecule has 3 nitrogen and oxygen atoms in total. The number of hydrogen-bond donors (Lipinski definition) is 2. The average Bonchev–Trinajstić information content (AvgIpc) is 2.53. The van der Waals surface area contributed by atoms with Gasteiger partial charge < -0.3 is 0 Å². The Morgan fingerprint density at radius 1 is 1.20 bits per heavy atom. The van der Waals surface area contributed by atoms with Gasteiger partial charge in [-0.15, -0.1) is 0 Å². The summed E-state index contributed by atoms with van der Waals surface area (Å²) in [5.74, 6) is 6.39. The van der Waals surface area contributed by atoms with Gasteiger partial charge in [-0.05, 0) is 54.4 Å². The predicted octanol–water partition coefficient (Wildman–Crippen LogP) is 2.26. The number of hydrogen-bond acceptors (Lipinski definition) is 3. The van der Waals surface area contributed by atoms with E-state index >= 15 is 0 Å². The van der Waals surface area contributed by atoms with Crippen molar-refractivity contribution >= 4 is 0 Å². The molecule has 1 aliphatic rings. The predicted molar refractivity (Wildman–Crippen MR) is 81.0 cm³/mol. The number of hydrazine groups is 1. The van der Waals surface area contributed by atoms with Crippen LogP contribution in [-0.2, 0) is 19.3 Å². The zero-order valence-corrected chi connectivity index (χ0v) is 11.6. The van der Waals surface area contributed by atoms with Crippen molar-refractivity contribution in [3.05, 3.63) is 65.5 Å². The molecule has 0 saturated carbocycles. The van der Waals surface area contributed by atoms with Gasteiger partial charge in [0.15, 0.2) is 0 Å². The van der Waals surface area contributed by atoms with Gasteiger partial charge in [-0.2, -0.15) is 0 Å². The van der Waals surface area contributed by atoms with E-state index < -0.39 is 0 Å². The lowest BCUT2D eigenvalue weighted by atomic mass is 9.78. The van der Waals surface area contributed by atoms with Crippen LogP contribution in [0, 0.1) is 5.92 Å². The lowest BCUT2D eigenvalue weighted by molar-refractivity contribution is 0.321. The van der Waals surface area contributed by atoms with Gasteiger partial charge in [0.05, 0.1) is 0 Å². The highest BCUT2D eigenvalue weighted by molar-refractivity contribution is 5.30. The summed E-state index contributed by atoms with van der Waals surface area (Å²) >= 11 is 0. The number of aromatic nitrogens is 1. The molecule has 0 radical (unpaired) electrons. The second-order valence-electron chi connectivity index (χ2n) is 5.61. The molecule has 0 bridgehead atoms. The first-order valence-electron chi connectivity index (χ1n) is 7.28. The smallest absolute Gasteiger partial charge is 0.0300 e. The molecule has 3 N–H and O–H groups in total. The SMILES string of the molecule is NNC(Cc1cccnc1)C1CCc2ccccc2C1. The van der Waals surface area contributed by atoms with Crippen LogP contribution >= 0.6 is 0 Å². The summed E-state index contributed by atoms with van der Waals surface area (Å²) in [5.41, 5.74) is 7.25. The molecule has 1 aliphatic carbocycles. The molecule has 1 heterocycles. The topological polar surface area (TPSA) is 50.9 Å². The van der Waals surface area contributed by atoms with Gasteiger partial charge in [0, 0.05) is 18.4 Å². The number of benzene rings is 1. The molecular formula is C17H21N3. The minimum atomic E-state index is 0.313. The third kappa shape index (κ3) is 2.89. The summed E-state index contributed by atoms with van der Waals surface area (Å²) in [4.78, 5) is 4.18. The Kier molecular flexibility index (Phi) is 4.09. The molecular weight excluding hydrogens is 246 g/mol. The third-order valence-corrected chi connectivity index (χ3v) is 4.35. The van der Waals surface area contributed by atoms with Crippen LogP contribution in [0.15, 0.2) is 48.8 Å². The summed E-state index contributed by atoms with van der Waals surface area (Å²) in [6, 6.07) is 13.2. The van der Waals surface area contributed by atoms with E-state index in [2.05, 4.69) is 40.7 Å². The molecule has 1 aromatic carbocycles. The zero-order valence-electron chi connectivity index (χ0n) is 11.6. The number of nitrogens with zero attached hydrogens (tertiary/aromatic N) is 1. The highest BCUT2D eigenvalue weighted by atomic mass is 15.2. The van der Waals surface area contributed by atoms with Crippen LogP contribution in [0.25, 0.3) is 0 Å². The second-order valence-corrected chi connectivity index (χ2v) is 5.61. The summed E-state index contributed by atoms with van der Waals surface area (Å²) in [7, 11) is 0. The Morgan fingerprint density at radius 3 is 2.80 bits per heavy atom. The van der Waals surface area contributed by atoms with E-state index in [-0.39, 0.29) is 0 Å². The fourth-order valence-electron chi connectivity index (χ4n) is 3.20. The van der Waals surface area contributed by atoms with Crippen molar-refractivity contribution < 1.29 is 0 Å². The zero-order chi connectivity index (χ0) is 13.8. The van der Waals surface area contributed by atoms with Crippen LogP contribution in [0.3, 0.4) is 0 Å². The third-order valence-electron chi connectivity index (χ3n) is 4.35. The van der Waals surface area contributed by atoms with Gasteiger partial charge in [0.2, 0.25) is 0 Å². The lowest BCUT2D eigenvalue weighted by Gasteiger charge is -2.31. The highest BCUT2D eigenvalue weighted by Crippen LogP contribution is 2.28. The van der Waals surface area contributed by atoms with Crippen LogP contribution in [-0.4, -0.2) is 11.0 Å². The number of nitrogens with one attached hydrogen (secondary N) is 1. The van der Waals surface area contributed by atoms with E-state index in [4.69, 9.17) is 5.84 Å². The molecule has 0 fully saturated rings. The van der Waals surface area contributed by atoms with E-state index in [0.717, 1.165) is 19.3 Å². The number of nitrogens with two attached hydrogens (primary N) is 1. The van der Waals surface area contributed by atoms with Crippen LogP contribution in [0.5, 0.6) is 0 Å². The summed E-state index contributed by atoms with van der Waals surface area (Å²) in [6.07, 6.45) is 8.16. The molecule has 20 heavy (non-hydrogen) atoms. The first-order valence-corrected chi connectivity index (χ1v) is 7.28. The molecule has 0 aliphatic heterocycles. The van der Waals surface area contributed by atoms with E-state index in [1.807, 2.05) is 18.5 Å². The number of pyridine rings is 1. The Balaban J connectivity index is 1.72. The number of rotatable bonds is 4. The monoisotopic (exact) mass is 267 g/mol. The van der Waals surface area contributed by atoms with Crippen molar-refractivity contribution in [3.8, 4) is 0 Å². The summed E-state index contributed by atoms with van der Waals surface area (Å²) in [6.45, 7) is 0. The van der Waals surface area contributed by atoms with Crippen molar-refractivity contribution in [2.24, 2.45) is 11.8 Å². The van der Waals surface area contributed by atoms with Crippen molar-refractivity contribution in [3.63, 3.8) is 0 Å². The van der Waals surface area contributed by atoms with Gasteiger partial charge in [-0.25, -0.2) is 0 Å². The molecule has 3 heteroatoms. The standard InChI is InChI=1S/C17H21N3/c18-20-17(10-13-4-3-9-19-12-13)16-8-7-14-5-1-2-6-15(14)11-16/h1-6,9,12,16-17,20H,7-8,10-11,18H2. The molecule has 104 valence electrons. The van der Waals surface area contributed by atoms with Gasteiger partial charge in [0.1, 0.15) is 0 Å². The normalized spacial score (nSPS) is 19.4. The number of aryl methyl sites for hydroxylation is 1. The number of fused-ring (bicyclic) bond motifs is 1. The first-order chi connectivity index (χ1) is 9.86. The molecule has 2 atom stereocenters. The van der Waals surface area contributed by atoms with Gasteiger partial charge in [0.25, 0.3) is 0 Å². The molecule has 2 aromatic rings. The molecule has 0 saturated heterocycles. The van der Waals surface area contributed by atoms with Crippen molar-refractivity contribution in [1.29, 1.82) is 0 Å². The maximum Gasteiger partial charge on any atom is 0.0300 e. The average molecular weight is 267 g/mol. The van der Waals surface area contributed by atoms with E-state index in [1.54, 1.807) is 0 Å². The molecule has 0 amide bonds. The Bertz CT molecular complexity index is 553. The Labute approximate surface area is 120 Å². The van der Waals surface area contributed by atoms with Crippen LogP contribution in [0.4, 0.5) is 0 Å². The van der Waals surface area contributed by atoms with Crippen molar-refractivity contribution in [2.45, 2.75) is 31.7 Å². The van der Waals surface area contributed by atoms with Gasteiger partial charge in [-0.1, -0.05) is 30.3 Å². The first kappa shape index (κ1) is 13.3. The minimum Gasteiger partial charge on any atom is -0.271 e.